The van der Waals surface area contributed by atoms with Gasteiger partial charge in [-0.1, -0.05) is 46.2 Å². The zero-order chi connectivity index (χ0) is 24.4. The highest BCUT2D eigenvalue weighted by molar-refractivity contribution is 5.94. The lowest BCUT2D eigenvalue weighted by Crippen LogP contribution is -2.58. The summed E-state index contributed by atoms with van der Waals surface area (Å²) in [6.07, 6.45) is 0.758. The molecule has 0 saturated heterocycles. The summed E-state index contributed by atoms with van der Waals surface area (Å²) in [5, 5.41) is 25.8. The summed E-state index contributed by atoms with van der Waals surface area (Å²) in [5.41, 5.74) is 6.61. The molecular formula is C22H34N4O6. The zero-order valence-corrected chi connectivity index (χ0v) is 18.9. The summed E-state index contributed by atoms with van der Waals surface area (Å²) >= 11 is 0. The molecule has 32 heavy (non-hydrogen) atoms. The van der Waals surface area contributed by atoms with Crippen molar-refractivity contribution in [2.24, 2.45) is 17.6 Å². The van der Waals surface area contributed by atoms with E-state index in [1.165, 1.54) is 12.1 Å². The number of carbonyl (C=O) groups is 4. The number of benzene rings is 1. The molecule has 0 saturated carbocycles. The number of rotatable bonds is 12. The number of nitrogens with one attached hydrogen (secondary N) is 3. The van der Waals surface area contributed by atoms with E-state index in [1.807, 2.05) is 13.8 Å². The van der Waals surface area contributed by atoms with Crippen LogP contribution in [-0.2, 0) is 25.6 Å². The lowest BCUT2D eigenvalue weighted by molar-refractivity contribution is -0.138. The van der Waals surface area contributed by atoms with E-state index in [4.69, 9.17) is 10.8 Å². The summed E-state index contributed by atoms with van der Waals surface area (Å²) < 4.78 is 0. The van der Waals surface area contributed by atoms with E-state index < -0.39 is 48.4 Å². The van der Waals surface area contributed by atoms with Crippen LogP contribution in [0.2, 0.25) is 0 Å². The van der Waals surface area contributed by atoms with Crippen molar-refractivity contribution in [1.82, 2.24) is 16.0 Å². The predicted molar refractivity (Wildman–Crippen MR) is 119 cm³/mol. The number of carboxylic acid groups (broad SMARTS) is 1. The molecule has 178 valence electrons. The van der Waals surface area contributed by atoms with Crippen molar-refractivity contribution in [2.45, 2.75) is 58.7 Å². The fourth-order valence-electron chi connectivity index (χ4n) is 2.92. The highest BCUT2D eigenvalue weighted by atomic mass is 16.4. The van der Waals surface area contributed by atoms with Crippen molar-refractivity contribution in [3.8, 4) is 5.75 Å². The number of amides is 3. The molecule has 10 heteroatoms. The van der Waals surface area contributed by atoms with Crippen LogP contribution in [0.3, 0.4) is 0 Å². The summed E-state index contributed by atoms with van der Waals surface area (Å²) in [5.74, 6) is -3.27. The highest BCUT2D eigenvalue weighted by Gasteiger charge is 2.31. The molecule has 0 aliphatic rings. The number of phenolic OH excluding ortho intramolecular Hbond substituents is 1. The Balaban J connectivity index is 3.00. The third-order valence-corrected chi connectivity index (χ3v) is 5.23. The Morgan fingerprint density at radius 2 is 1.56 bits per heavy atom. The van der Waals surface area contributed by atoms with Gasteiger partial charge in [0.1, 0.15) is 24.4 Å². The number of phenols is 1. The molecule has 0 aliphatic heterocycles. The van der Waals surface area contributed by atoms with Crippen LogP contribution in [0.15, 0.2) is 24.3 Å². The number of carbonyl (C=O) groups excluding carboxylic acids is 3. The smallest absolute Gasteiger partial charge is 0.322 e. The van der Waals surface area contributed by atoms with E-state index in [0.717, 1.165) is 0 Å². The summed E-state index contributed by atoms with van der Waals surface area (Å²) in [6.45, 7) is 6.65. The van der Waals surface area contributed by atoms with Crippen LogP contribution in [-0.4, -0.2) is 58.6 Å². The maximum atomic E-state index is 13.0. The molecule has 4 atom stereocenters. The van der Waals surface area contributed by atoms with E-state index in [1.54, 1.807) is 26.0 Å². The Morgan fingerprint density at radius 1 is 0.969 bits per heavy atom. The molecule has 1 aromatic rings. The monoisotopic (exact) mass is 450 g/mol. The maximum absolute atomic E-state index is 13.0. The molecule has 1 rings (SSSR count). The quantitative estimate of drug-likeness (QED) is 0.263. The van der Waals surface area contributed by atoms with Crippen molar-refractivity contribution in [3.05, 3.63) is 29.8 Å². The van der Waals surface area contributed by atoms with Gasteiger partial charge in [-0.25, -0.2) is 0 Å². The number of hydrogen-bond acceptors (Lipinski definition) is 6. The van der Waals surface area contributed by atoms with Gasteiger partial charge in [-0.2, -0.15) is 0 Å². The molecule has 7 N–H and O–H groups in total. The Kier molecular flexibility index (Phi) is 10.6. The van der Waals surface area contributed by atoms with Gasteiger partial charge < -0.3 is 31.9 Å². The normalized spacial score (nSPS) is 14.7. The molecule has 0 heterocycles. The van der Waals surface area contributed by atoms with Gasteiger partial charge in [0.05, 0.1) is 6.04 Å². The third kappa shape index (κ3) is 8.54. The first kappa shape index (κ1) is 26.9. The van der Waals surface area contributed by atoms with Crippen molar-refractivity contribution >= 4 is 23.7 Å². The summed E-state index contributed by atoms with van der Waals surface area (Å²) in [6, 6.07) is 3.26. The SMILES string of the molecule is CCC(C)C(N)C(=O)NC(C(=O)NC(Cc1ccc(O)cc1)C(=O)NCC(=O)O)C(C)C. The highest BCUT2D eigenvalue weighted by Crippen LogP contribution is 2.13. The topological polar surface area (TPSA) is 171 Å². The van der Waals surface area contributed by atoms with Gasteiger partial charge in [0, 0.05) is 6.42 Å². The minimum absolute atomic E-state index is 0.0462. The molecule has 0 bridgehead atoms. The Hall–Kier alpha value is -3.14. The fraction of sp³-hybridized carbons (Fsp3) is 0.545. The first-order chi connectivity index (χ1) is 15.0. The fourth-order valence-corrected chi connectivity index (χ4v) is 2.92. The number of hydrogen-bond donors (Lipinski definition) is 6. The minimum atomic E-state index is -1.22. The molecule has 10 nitrogen and oxygen atoms in total. The zero-order valence-electron chi connectivity index (χ0n) is 18.9. The number of nitrogens with two attached hydrogens (primary N) is 1. The lowest BCUT2D eigenvalue weighted by atomic mass is 9.97. The number of aliphatic carboxylic acids is 1. The van der Waals surface area contributed by atoms with Gasteiger partial charge in [-0.05, 0) is 29.5 Å². The summed E-state index contributed by atoms with van der Waals surface area (Å²) in [4.78, 5) is 48.9. The molecule has 0 aliphatic carbocycles. The van der Waals surface area contributed by atoms with E-state index in [2.05, 4.69) is 16.0 Å². The van der Waals surface area contributed by atoms with Gasteiger partial charge in [0.2, 0.25) is 17.7 Å². The van der Waals surface area contributed by atoms with Crippen LogP contribution in [0.1, 0.15) is 39.7 Å². The Labute approximate surface area is 187 Å². The van der Waals surface area contributed by atoms with E-state index >= 15 is 0 Å². The third-order valence-electron chi connectivity index (χ3n) is 5.23. The van der Waals surface area contributed by atoms with Crippen molar-refractivity contribution in [2.75, 3.05) is 6.54 Å². The van der Waals surface area contributed by atoms with Gasteiger partial charge in [0.25, 0.3) is 0 Å². The average molecular weight is 451 g/mol. The minimum Gasteiger partial charge on any atom is -0.508 e. The average Bonchev–Trinajstić information content (AvgIpc) is 2.74. The molecule has 0 aromatic heterocycles. The number of aromatic hydroxyl groups is 1. The van der Waals surface area contributed by atoms with Crippen LogP contribution in [0.25, 0.3) is 0 Å². The Bertz CT molecular complexity index is 796. The second kappa shape index (κ2) is 12.7. The molecule has 0 spiro atoms. The number of carboxylic acids is 1. The molecular weight excluding hydrogens is 416 g/mol. The van der Waals surface area contributed by atoms with E-state index in [-0.39, 0.29) is 24.0 Å². The molecule has 4 unspecified atom stereocenters. The second-order valence-corrected chi connectivity index (χ2v) is 8.18. The van der Waals surface area contributed by atoms with Crippen molar-refractivity contribution < 1.29 is 29.4 Å². The van der Waals surface area contributed by atoms with E-state index in [9.17, 15) is 24.3 Å². The van der Waals surface area contributed by atoms with Crippen molar-refractivity contribution in [3.63, 3.8) is 0 Å². The molecule has 3 amide bonds. The first-order valence-electron chi connectivity index (χ1n) is 10.6. The molecule has 0 radical (unpaired) electrons. The van der Waals surface area contributed by atoms with Crippen LogP contribution >= 0.6 is 0 Å². The first-order valence-corrected chi connectivity index (χ1v) is 10.6. The van der Waals surface area contributed by atoms with Crippen LogP contribution in [0.5, 0.6) is 5.75 Å². The van der Waals surface area contributed by atoms with Crippen LogP contribution in [0, 0.1) is 11.8 Å². The lowest BCUT2D eigenvalue weighted by Gasteiger charge is -2.27. The van der Waals surface area contributed by atoms with E-state index in [0.29, 0.717) is 12.0 Å². The van der Waals surface area contributed by atoms with Gasteiger partial charge in [0.15, 0.2) is 0 Å². The molecule has 1 aromatic carbocycles. The van der Waals surface area contributed by atoms with Crippen LogP contribution in [0.4, 0.5) is 0 Å². The van der Waals surface area contributed by atoms with Gasteiger partial charge in [-0.3, -0.25) is 19.2 Å². The molecule has 0 fully saturated rings. The second-order valence-electron chi connectivity index (χ2n) is 8.18. The van der Waals surface area contributed by atoms with Gasteiger partial charge in [-0.15, -0.1) is 0 Å². The predicted octanol–water partition coefficient (Wildman–Crippen LogP) is 0.135. The largest absolute Gasteiger partial charge is 0.508 e. The standard InChI is InChI=1S/C22H34N4O6/c1-5-13(4)18(23)21(31)26-19(12(2)3)22(32)25-16(20(30)24-11-17(28)29)10-14-6-8-15(27)9-7-14/h6-9,12-13,16,18-19,27H,5,10-11,23H2,1-4H3,(H,24,30)(H,25,32)(H,26,31)(H,28,29). The van der Waals surface area contributed by atoms with Crippen molar-refractivity contribution in [1.29, 1.82) is 0 Å². The summed E-state index contributed by atoms with van der Waals surface area (Å²) in [7, 11) is 0. The maximum Gasteiger partial charge on any atom is 0.322 e. The van der Waals surface area contributed by atoms with Gasteiger partial charge >= 0.3 is 5.97 Å². The Morgan fingerprint density at radius 3 is 2.06 bits per heavy atom. The van der Waals surface area contributed by atoms with Crippen LogP contribution < -0.4 is 21.7 Å².